The molecule has 1 aromatic rings. The van der Waals surface area contributed by atoms with Gasteiger partial charge in [-0.05, 0) is 31.4 Å². The number of nitrogens with zero attached hydrogens (tertiary/aromatic N) is 1. The van der Waals surface area contributed by atoms with Gasteiger partial charge in [-0.2, -0.15) is 0 Å². The Kier molecular flexibility index (Phi) is 6.52. The fourth-order valence-corrected chi connectivity index (χ4v) is 1.85. The molecule has 0 spiro atoms. The Morgan fingerprint density at radius 3 is 2.40 bits per heavy atom. The molecule has 1 amide bonds. The van der Waals surface area contributed by atoms with Crippen LogP contribution >= 0.6 is 0 Å². The standard InChI is InChI=1S/C16H26N2O2/c1-12(2)15(17)10-11-18(4)16(19)13(3)20-14-8-6-5-7-9-14/h5-9,12-13,15H,10-11,17H2,1-4H3. The van der Waals surface area contributed by atoms with Crippen LogP contribution in [0.15, 0.2) is 30.3 Å². The van der Waals surface area contributed by atoms with Gasteiger partial charge >= 0.3 is 0 Å². The Morgan fingerprint density at radius 1 is 1.25 bits per heavy atom. The van der Waals surface area contributed by atoms with E-state index in [2.05, 4.69) is 13.8 Å². The second-order valence-electron chi connectivity index (χ2n) is 5.53. The van der Waals surface area contributed by atoms with Gasteiger partial charge in [0.2, 0.25) is 0 Å². The molecule has 0 saturated carbocycles. The highest BCUT2D eigenvalue weighted by molar-refractivity contribution is 5.80. The summed E-state index contributed by atoms with van der Waals surface area (Å²) in [6.07, 6.45) is 0.315. The number of hydrogen-bond acceptors (Lipinski definition) is 3. The zero-order valence-corrected chi connectivity index (χ0v) is 12.9. The van der Waals surface area contributed by atoms with E-state index in [1.165, 1.54) is 0 Å². The molecule has 2 unspecified atom stereocenters. The predicted octanol–water partition coefficient (Wildman–Crippen LogP) is 2.29. The van der Waals surface area contributed by atoms with Crippen LogP contribution in [-0.2, 0) is 4.79 Å². The van der Waals surface area contributed by atoms with Gasteiger partial charge in [0, 0.05) is 19.6 Å². The first-order valence-electron chi connectivity index (χ1n) is 7.14. The van der Waals surface area contributed by atoms with E-state index in [0.717, 1.165) is 6.42 Å². The van der Waals surface area contributed by atoms with Gasteiger partial charge in [-0.15, -0.1) is 0 Å². The van der Waals surface area contributed by atoms with Gasteiger partial charge < -0.3 is 15.4 Å². The molecule has 1 rings (SSSR count). The third kappa shape index (κ3) is 5.21. The van der Waals surface area contributed by atoms with Crippen LogP contribution in [0.5, 0.6) is 5.75 Å². The van der Waals surface area contributed by atoms with E-state index in [4.69, 9.17) is 10.5 Å². The average molecular weight is 278 g/mol. The zero-order valence-electron chi connectivity index (χ0n) is 12.9. The van der Waals surface area contributed by atoms with Crippen LogP contribution in [0.3, 0.4) is 0 Å². The minimum absolute atomic E-state index is 0.0233. The SMILES string of the molecule is CC(Oc1ccccc1)C(=O)N(C)CCC(N)C(C)C. The highest BCUT2D eigenvalue weighted by atomic mass is 16.5. The Morgan fingerprint density at radius 2 is 1.85 bits per heavy atom. The molecular formula is C16H26N2O2. The molecule has 4 nitrogen and oxygen atoms in total. The normalized spacial score (nSPS) is 13.9. The molecule has 0 bridgehead atoms. The lowest BCUT2D eigenvalue weighted by atomic mass is 10.0. The lowest BCUT2D eigenvalue weighted by Gasteiger charge is -2.24. The molecule has 2 N–H and O–H groups in total. The Bertz CT molecular complexity index is 406. The number of amides is 1. The quantitative estimate of drug-likeness (QED) is 0.832. The van der Waals surface area contributed by atoms with Gasteiger partial charge in [0.05, 0.1) is 0 Å². The maximum absolute atomic E-state index is 12.2. The van der Waals surface area contributed by atoms with Crippen molar-refractivity contribution in [2.75, 3.05) is 13.6 Å². The molecule has 4 heteroatoms. The largest absolute Gasteiger partial charge is 0.481 e. The van der Waals surface area contributed by atoms with Crippen LogP contribution in [0.25, 0.3) is 0 Å². The summed E-state index contributed by atoms with van der Waals surface area (Å²) in [5, 5.41) is 0. The predicted molar refractivity (Wildman–Crippen MR) is 81.6 cm³/mol. The molecule has 1 aromatic carbocycles. The number of ether oxygens (including phenoxy) is 1. The third-order valence-corrected chi connectivity index (χ3v) is 3.43. The molecule has 0 heterocycles. The maximum Gasteiger partial charge on any atom is 0.263 e. The number of rotatable bonds is 7. The summed E-state index contributed by atoms with van der Waals surface area (Å²) in [6.45, 7) is 6.61. The van der Waals surface area contributed by atoms with Crippen LogP contribution < -0.4 is 10.5 Å². The minimum atomic E-state index is -0.488. The van der Waals surface area contributed by atoms with E-state index < -0.39 is 6.10 Å². The van der Waals surface area contributed by atoms with Crippen molar-refractivity contribution in [1.29, 1.82) is 0 Å². The van der Waals surface area contributed by atoms with Crippen LogP contribution in [-0.4, -0.2) is 36.5 Å². The lowest BCUT2D eigenvalue weighted by molar-refractivity contribution is -0.136. The summed E-state index contributed by atoms with van der Waals surface area (Å²) in [7, 11) is 1.79. The summed E-state index contributed by atoms with van der Waals surface area (Å²) in [5.41, 5.74) is 6.00. The van der Waals surface area contributed by atoms with E-state index in [1.54, 1.807) is 18.9 Å². The monoisotopic (exact) mass is 278 g/mol. The maximum atomic E-state index is 12.2. The van der Waals surface area contributed by atoms with E-state index in [1.807, 2.05) is 30.3 Å². The van der Waals surface area contributed by atoms with Crippen molar-refractivity contribution in [2.24, 2.45) is 11.7 Å². The summed E-state index contributed by atoms with van der Waals surface area (Å²) in [5.74, 6) is 1.11. The van der Waals surface area contributed by atoms with Gasteiger partial charge in [0.15, 0.2) is 6.10 Å². The van der Waals surface area contributed by atoms with E-state index in [9.17, 15) is 4.79 Å². The molecule has 0 aliphatic carbocycles. The summed E-state index contributed by atoms with van der Waals surface area (Å²) >= 11 is 0. The zero-order chi connectivity index (χ0) is 15.1. The highest BCUT2D eigenvalue weighted by Crippen LogP contribution is 2.12. The Hall–Kier alpha value is -1.55. The number of para-hydroxylation sites is 1. The summed E-state index contributed by atoms with van der Waals surface area (Å²) < 4.78 is 5.63. The van der Waals surface area contributed by atoms with Crippen molar-refractivity contribution in [3.8, 4) is 5.75 Å². The second kappa shape index (κ2) is 7.90. The fourth-order valence-electron chi connectivity index (χ4n) is 1.85. The molecule has 2 atom stereocenters. The summed E-state index contributed by atoms with van der Waals surface area (Å²) in [6, 6.07) is 9.50. The van der Waals surface area contributed by atoms with Crippen molar-refractivity contribution in [2.45, 2.75) is 39.3 Å². The fraction of sp³-hybridized carbons (Fsp3) is 0.562. The van der Waals surface area contributed by atoms with Gasteiger partial charge in [-0.25, -0.2) is 0 Å². The van der Waals surface area contributed by atoms with Crippen molar-refractivity contribution in [3.05, 3.63) is 30.3 Å². The average Bonchev–Trinajstić information content (AvgIpc) is 2.44. The van der Waals surface area contributed by atoms with Crippen molar-refractivity contribution in [1.82, 2.24) is 4.90 Å². The van der Waals surface area contributed by atoms with E-state index in [0.29, 0.717) is 18.2 Å². The number of hydrogen-bond donors (Lipinski definition) is 1. The van der Waals surface area contributed by atoms with Gasteiger partial charge in [-0.3, -0.25) is 4.79 Å². The topological polar surface area (TPSA) is 55.6 Å². The molecule has 0 aliphatic heterocycles. The summed E-state index contributed by atoms with van der Waals surface area (Å²) in [4.78, 5) is 13.9. The number of nitrogens with two attached hydrogens (primary N) is 1. The molecule has 20 heavy (non-hydrogen) atoms. The van der Waals surface area contributed by atoms with Gasteiger partial charge in [0.1, 0.15) is 5.75 Å². The first kappa shape index (κ1) is 16.5. The first-order valence-corrected chi connectivity index (χ1v) is 7.14. The van der Waals surface area contributed by atoms with E-state index in [-0.39, 0.29) is 11.9 Å². The smallest absolute Gasteiger partial charge is 0.263 e. The van der Waals surface area contributed by atoms with Crippen molar-refractivity contribution in [3.63, 3.8) is 0 Å². The molecule has 0 radical (unpaired) electrons. The van der Waals surface area contributed by atoms with E-state index >= 15 is 0 Å². The number of carbonyl (C=O) groups excluding carboxylic acids is 1. The highest BCUT2D eigenvalue weighted by Gasteiger charge is 2.20. The third-order valence-electron chi connectivity index (χ3n) is 3.43. The van der Waals surface area contributed by atoms with Crippen LogP contribution in [0, 0.1) is 5.92 Å². The number of carbonyl (C=O) groups is 1. The van der Waals surface area contributed by atoms with Crippen LogP contribution in [0.2, 0.25) is 0 Å². The van der Waals surface area contributed by atoms with Gasteiger partial charge in [-0.1, -0.05) is 32.0 Å². The first-order chi connectivity index (χ1) is 9.41. The van der Waals surface area contributed by atoms with Crippen LogP contribution in [0.4, 0.5) is 0 Å². The number of likely N-dealkylation sites (N-methyl/N-ethyl adjacent to an activating group) is 1. The Labute approximate surface area is 121 Å². The Balaban J connectivity index is 2.44. The molecule has 0 fully saturated rings. The lowest BCUT2D eigenvalue weighted by Crippen LogP contribution is -2.40. The van der Waals surface area contributed by atoms with Crippen LogP contribution in [0.1, 0.15) is 27.2 Å². The second-order valence-corrected chi connectivity index (χ2v) is 5.53. The number of benzene rings is 1. The van der Waals surface area contributed by atoms with Crippen molar-refractivity contribution < 1.29 is 9.53 Å². The molecule has 0 aliphatic rings. The molecule has 112 valence electrons. The van der Waals surface area contributed by atoms with Crippen molar-refractivity contribution >= 4 is 5.91 Å². The molecular weight excluding hydrogens is 252 g/mol. The minimum Gasteiger partial charge on any atom is -0.481 e. The molecule has 0 aromatic heterocycles. The molecule has 0 saturated heterocycles. The van der Waals surface area contributed by atoms with Gasteiger partial charge in [0.25, 0.3) is 5.91 Å².